The van der Waals surface area contributed by atoms with Crippen molar-refractivity contribution in [2.75, 3.05) is 6.54 Å². The van der Waals surface area contributed by atoms with Gasteiger partial charge in [0.05, 0.1) is 11.7 Å². The molecule has 3 heterocycles. The zero-order valence-electron chi connectivity index (χ0n) is 13.3. The molecule has 3 rings (SSSR count). The largest absolute Gasteiger partial charge is 0.361 e. The smallest absolute Gasteiger partial charge is 0.259 e. The second-order valence-corrected chi connectivity index (χ2v) is 5.93. The molecule has 22 heavy (non-hydrogen) atoms. The molecule has 118 valence electrons. The number of aromatic nitrogens is 2. The van der Waals surface area contributed by atoms with Crippen LogP contribution in [0.5, 0.6) is 0 Å². The molecule has 0 spiro atoms. The van der Waals surface area contributed by atoms with Crippen LogP contribution in [-0.4, -0.2) is 27.7 Å². The van der Waals surface area contributed by atoms with Gasteiger partial charge in [0, 0.05) is 12.6 Å². The molecule has 2 aromatic rings. The van der Waals surface area contributed by atoms with Crippen LogP contribution in [0.2, 0.25) is 0 Å². The van der Waals surface area contributed by atoms with Gasteiger partial charge in [-0.1, -0.05) is 23.2 Å². The normalized spacial score (nSPS) is 19.2. The third kappa shape index (κ3) is 2.65. The Bertz CT molecular complexity index is 654. The van der Waals surface area contributed by atoms with Crippen molar-refractivity contribution in [3.63, 3.8) is 0 Å². The molecule has 0 radical (unpaired) electrons. The Hall–Kier alpha value is -2.11. The maximum absolute atomic E-state index is 13.0. The summed E-state index contributed by atoms with van der Waals surface area (Å²) in [6, 6.07) is 1.88. The molecule has 6 nitrogen and oxygen atoms in total. The average Bonchev–Trinajstić information content (AvgIpc) is 2.96. The first-order chi connectivity index (χ1) is 10.6. The Morgan fingerprint density at radius 3 is 2.64 bits per heavy atom. The SMILES string of the molecule is Cc1cc(C2CCCCCN2C(=O)c2c(C)noc2C)no1. The minimum atomic E-state index is -0.0406. The monoisotopic (exact) mass is 303 g/mol. The van der Waals surface area contributed by atoms with Crippen LogP contribution in [0.1, 0.15) is 65.0 Å². The minimum absolute atomic E-state index is 0.0243. The third-order valence-electron chi connectivity index (χ3n) is 4.25. The topological polar surface area (TPSA) is 72.4 Å². The second kappa shape index (κ2) is 5.94. The molecule has 1 amide bonds. The molecule has 1 aliphatic rings. The molecule has 2 aromatic heterocycles. The number of nitrogens with zero attached hydrogens (tertiary/aromatic N) is 3. The number of amides is 1. The van der Waals surface area contributed by atoms with E-state index in [4.69, 9.17) is 9.05 Å². The Morgan fingerprint density at radius 2 is 2.00 bits per heavy atom. The van der Waals surface area contributed by atoms with Crippen molar-refractivity contribution >= 4 is 5.91 Å². The van der Waals surface area contributed by atoms with Gasteiger partial charge in [0.2, 0.25) is 0 Å². The molecule has 0 saturated carbocycles. The van der Waals surface area contributed by atoms with Crippen molar-refractivity contribution in [3.8, 4) is 0 Å². The standard InChI is InChI=1S/C16H21N3O3/c1-10-9-13(18-21-10)14-7-5-4-6-8-19(14)16(20)15-11(2)17-22-12(15)3/h9,14H,4-8H2,1-3H3. The number of carbonyl (C=O) groups is 1. The number of likely N-dealkylation sites (tertiary alicyclic amines) is 1. The summed E-state index contributed by atoms with van der Waals surface area (Å²) in [6.45, 7) is 6.17. The highest BCUT2D eigenvalue weighted by molar-refractivity contribution is 5.96. The molecule has 1 atom stereocenters. The summed E-state index contributed by atoms with van der Waals surface area (Å²) >= 11 is 0. The van der Waals surface area contributed by atoms with E-state index in [2.05, 4.69) is 10.3 Å². The lowest BCUT2D eigenvalue weighted by molar-refractivity contribution is 0.0671. The number of hydrogen-bond acceptors (Lipinski definition) is 5. The summed E-state index contributed by atoms with van der Waals surface area (Å²) in [4.78, 5) is 14.9. The Kier molecular flexibility index (Phi) is 4.00. The fourth-order valence-electron chi connectivity index (χ4n) is 3.13. The van der Waals surface area contributed by atoms with Crippen LogP contribution in [-0.2, 0) is 0 Å². The van der Waals surface area contributed by atoms with Gasteiger partial charge in [0.15, 0.2) is 0 Å². The minimum Gasteiger partial charge on any atom is -0.361 e. The van der Waals surface area contributed by atoms with E-state index in [9.17, 15) is 4.79 Å². The summed E-state index contributed by atoms with van der Waals surface area (Å²) in [7, 11) is 0. The molecular formula is C16H21N3O3. The lowest BCUT2D eigenvalue weighted by Gasteiger charge is -2.28. The fourth-order valence-corrected chi connectivity index (χ4v) is 3.13. The first-order valence-corrected chi connectivity index (χ1v) is 7.75. The van der Waals surface area contributed by atoms with Gasteiger partial charge in [-0.15, -0.1) is 0 Å². The zero-order chi connectivity index (χ0) is 15.7. The lowest BCUT2D eigenvalue weighted by atomic mass is 10.0. The maximum atomic E-state index is 13.0. The van der Waals surface area contributed by atoms with E-state index in [0.29, 0.717) is 17.0 Å². The van der Waals surface area contributed by atoms with E-state index >= 15 is 0 Å². The molecule has 0 N–H and O–H groups in total. The quantitative estimate of drug-likeness (QED) is 0.850. The van der Waals surface area contributed by atoms with Crippen molar-refractivity contribution in [1.82, 2.24) is 15.2 Å². The molecule has 0 bridgehead atoms. The summed E-state index contributed by atoms with van der Waals surface area (Å²) in [6.07, 6.45) is 4.12. The average molecular weight is 303 g/mol. The van der Waals surface area contributed by atoms with E-state index in [0.717, 1.165) is 43.7 Å². The van der Waals surface area contributed by atoms with Gasteiger partial charge >= 0.3 is 0 Å². The molecule has 1 fully saturated rings. The van der Waals surface area contributed by atoms with Crippen LogP contribution in [0.25, 0.3) is 0 Å². The lowest BCUT2D eigenvalue weighted by Crippen LogP contribution is -2.35. The first kappa shape index (κ1) is 14.8. The van der Waals surface area contributed by atoms with Crippen LogP contribution in [0, 0.1) is 20.8 Å². The molecule has 1 saturated heterocycles. The van der Waals surface area contributed by atoms with E-state index in [1.165, 1.54) is 0 Å². The summed E-state index contributed by atoms with van der Waals surface area (Å²) in [5, 5.41) is 8.03. The van der Waals surface area contributed by atoms with Crippen molar-refractivity contribution < 1.29 is 13.8 Å². The first-order valence-electron chi connectivity index (χ1n) is 7.75. The fraction of sp³-hybridized carbons (Fsp3) is 0.562. The molecule has 1 aliphatic heterocycles. The van der Waals surface area contributed by atoms with E-state index in [1.807, 2.05) is 17.9 Å². The van der Waals surface area contributed by atoms with Gasteiger partial charge in [-0.2, -0.15) is 0 Å². The van der Waals surface area contributed by atoms with Crippen LogP contribution in [0.3, 0.4) is 0 Å². The van der Waals surface area contributed by atoms with E-state index in [-0.39, 0.29) is 11.9 Å². The number of hydrogen-bond donors (Lipinski definition) is 0. The van der Waals surface area contributed by atoms with Crippen molar-refractivity contribution in [1.29, 1.82) is 0 Å². The predicted octanol–water partition coefficient (Wildman–Crippen LogP) is 3.35. The maximum Gasteiger partial charge on any atom is 0.259 e. The highest BCUT2D eigenvalue weighted by Crippen LogP contribution is 2.32. The van der Waals surface area contributed by atoms with Crippen molar-refractivity contribution in [2.45, 2.75) is 52.5 Å². The predicted molar refractivity (Wildman–Crippen MR) is 79.5 cm³/mol. The Labute approximate surface area is 129 Å². The van der Waals surface area contributed by atoms with Gasteiger partial charge in [0.25, 0.3) is 5.91 Å². The number of carbonyl (C=O) groups excluding carboxylic acids is 1. The van der Waals surface area contributed by atoms with Gasteiger partial charge < -0.3 is 13.9 Å². The highest BCUT2D eigenvalue weighted by atomic mass is 16.5. The van der Waals surface area contributed by atoms with E-state index in [1.54, 1.807) is 13.8 Å². The Morgan fingerprint density at radius 1 is 1.18 bits per heavy atom. The molecular weight excluding hydrogens is 282 g/mol. The number of rotatable bonds is 2. The zero-order valence-corrected chi connectivity index (χ0v) is 13.3. The van der Waals surface area contributed by atoms with Crippen molar-refractivity contribution in [2.24, 2.45) is 0 Å². The van der Waals surface area contributed by atoms with Crippen LogP contribution in [0.4, 0.5) is 0 Å². The summed E-state index contributed by atoms with van der Waals surface area (Å²) < 4.78 is 10.4. The molecule has 6 heteroatoms. The molecule has 0 aliphatic carbocycles. The summed E-state index contributed by atoms with van der Waals surface area (Å²) in [5.41, 5.74) is 2.05. The second-order valence-electron chi connectivity index (χ2n) is 5.93. The van der Waals surface area contributed by atoms with Gasteiger partial charge in [0.1, 0.15) is 22.8 Å². The van der Waals surface area contributed by atoms with Gasteiger partial charge in [-0.3, -0.25) is 4.79 Å². The molecule has 1 unspecified atom stereocenters. The van der Waals surface area contributed by atoms with Crippen LogP contribution >= 0.6 is 0 Å². The highest BCUT2D eigenvalue weighted by Gasteiger charge is 2.32. The van der Waals surface area contributed by atoms with E-state index < -0.39 is 0 Å². The molecule has 0 aromatic carbocycles. The van der Waals surface area contributed by atoms with Crippen LogP contribution < -0.4 is 0 Å². The Balaban J connectivity index is 1.95. The number of aryl methyl sites for hydroxylation is 3. The van der Waals surface area contributed by atoms with Gasteiger partial charge in [-0.05, 0) is 33.6 Å². The van der Waals surface area contributed by atoms with Crippen LogP contribution in [0.15, 0.2) is 15.1 Å². The van der Waals surface area contributed by atoms with Gasteiger partial charge in [-0.25, -0.2) is 0 Å². The third-order valence-corrected chi connectivity index (χ3v) is 4.25. The summed E-state index contributed by atoms with van der Waals surface area (Å²) in [5.74, 6) is 1.31. The van der Waals surface area contributed by atoms with Crippen molar-refractivity contribution in [3.05, 3.63) is 34.5 Å².